The molecule has 3 aromatic rings. The van der Waals surface area contributed by atoms with E-state index >= 15 is 0 Å². The largest absolute Gasteiger partial charge is 0.493 e. The first-order valence-corrected chi connectivity index (χ1v) is 13.3. The number of methoxy groups -OCH3 is 3. The van der Waals surface area contributed by atoms with Gasteiger partial charge >= 0.3 is 0 Å². The number of hydrogen-bond acceptors (Lipinski definition) is 11. The first kappa shape index (κ1) is 27.5. The molecule has 1 amide bonds. The van der Waals surface area contributed by atoms with Crippen LogP contribution in [0.4, 0.5) is 17.6 Å². The van der Waals surface area contributed by atoms with Crippen LogP contribution in [-0.4, -0.2) is 89.0 Å². The van der Waals surface area contributed by atoms with Gasteiger partial charge in [0.05, 0.1) is 51.6 Å². The molecule has 0 saturated carbocycles. The molecule has 0 spiro atoms. The summed E-state index contributed by atoms with van der Waals surface area (Å²) in [5, 5.41) is 13.3. The number of aromatic nitrogens is 4. The zero-order chi connectivity index (χ0) is 28.2. The molecule has 214 valence electrons. The number of primary amides is 1. The number of nitrogens with zero attached hydrogens (tertiary/aromatic N) is 6. The van der Waals surface area contributed by atoms with Crippen molar-refractivity contribution in [3.63, 3.8) is 0 Å². The minimum absolute atomic E-state index is 0.0142. The average Bonchev–Trinajstić information content (AvgIpc) is 3.64. The summed E-state index contributed by atoms with van der Waals surface area (Å²) in [6.07, 6.45) is 6.44. The Morgan fingerprint density at radius 2 is 1.93 bits per heavy atom. The van der Waals surface area contributed by atoms with Gasteiger partial charge in [0.2, 0.25) is 17.6 Å². The molecule has 2 aromatic heterocycles. The second-order valence-corrected chi connectivity index (χ2v) is 9.89. The second kappa shape index (κ2) is 12.0. The van der Waals surface area contributed by atoms with Crippen molar-refractivity contribution in [3.05, 3.63) is 35.9 Å². The number of fused-ring (bicyclic) bond motifs is 1. The maximum absolute atomic E-state index is 11.4. The molecule has 13 heteroatoms. The Balaban J connectivity index is 1.46. The molecule has 4 N–H and O–H groups in total. The number of amides is 1. The molecule has 13 nitrogen and oxygen atoms in total. The van der Waals surface area contributed by atoms with Gasteiger partial charge < -0.3 is 39.8 Å². The van der Waals surface area contributed by atoms with Gasteiger partial charge in [-0.2, -0.15) is 4.98 Å². The van der Waals surface area contributed by atoms with Crippen molar-refractivity contribution < 1.29 is 24.1 Å². The Morgan fingerprint density at radius 1 is 1.15 bits per heavy atom. The number of carbonyl (C=O) groups excluding carboxylic acids is 1. The van der Waals surface area contributed by atoms with Gasteiger partial charge in [-0.3, -0.25) is 9.69 Å². The third-order valence-electron chi connectivity index (χ3n) is 7.43. The van der Waals surface area contributed by atoms with Gasteiger partial charge in [-0.1, -0.05) is 0 Å². The molecular weight excluding hydrogens is 516 g/mol. The number of hydrogen-bond donors (Lipinski definition) is 3. The fraction of sp³-hybridized carbons (Fsp3) is 0.481. The zero-order valence-electron chi connectivity index (χ0n) is 23.1. The van der Waals surface area contributed by atoms with Gasteiger partial charge in [-0.15, -0.1) is 0 Å². The molecular formula is C27H36N8O5. The van der Waals surface area contributed by atoms with E-state index in [1.165, 1.54) is 0 Å². The highest BCUT2D eigenvalue weighted by Crippen LogP contribution is 2.39. The molecule has 1 saturated heterocycles. The molecule has 1 atom stereocenters. The van der Waals surface area contributed by atoms with Crippen LogP contribution in [0, 0.1) is 0 Å². The number of imidazole rings is 1. The van der Waals surface area contributed by atoms with Gasteiger partial charge in [-0.25, -0.2) is 9.97 Å². The molecule has 4 heterocycles. The quantitative estimate of drug-likeness (QED) is 0.318. The molecule has 2 aliphatic heterocycles. The summed E-state index contributed by atoms with van der Waals surface area (Å²) in [5.41, 5.74) is 8.08. The van der Waals surface area contributed by atoms with E-state index in [0.717, 1.165) is 42.9 Å². The molecule has 0 unspecified atom stereocenters. The Kier molecular flexibility index (Phi) is 8.21. The fourth-order valence-electron chi connectivity index (χ4n) is 5.32. The maximum atomic E-state index is 11.4. The predicted molar refractivity (Wildman–Crippen MR) is 149 cm³/mol. The number of nitrogens with two attached hydrogens (primary N) is 1. The molecule has 40 heavy (non-hydrogen) atoms. The van der Waals surface area contributed by atoms with Crippen LogP contribution in [0.25, 0.3) is 5.69 Å². The lowest BCUT2D eigenvalue weighted by molar-refractivity contribution is -0.118. The molecule has 0 aliphatic carbocycles. The Morgan fingerprint density at radius 3 is 2.60 bits per heavy atom. The minimum Gasteiger partial charge on any atom is -0.493 e. The van der Waals surface area contributed by atoms with Crippen molar-refractivity contribution in [3.8, 4) is 22.9 Å². The van der Waals surface area contributed by atoms with E-state index in [0.29, 0.717) is 60.8 Å². The number of anilines is 3. The van der Waals surface area contributed by atoms with Gasteiger partial charge in [-0.05, 0) is 19.3 Å². The first-order valence-electron chi connectivity index (χ1n) is 13.3. The van der Waals surface area contributed by atoms with Crippen molar-refractivity contribution in [2.24, 2.45) is 5.73 Å². The Labute approximate surface area is 232 Å². The first-order chi connectivity index (χ1) is 19.4. The topological polar surface area (TPSA) is 153 Å². The monoisotopic (exact) mass is 552 g/mol. The van der Waals surface area contributed by atoms with Gasteiger partial charge in [0.25, 0.3) is 0 Å². The lowest BCUT2D eigenvalue weighted by Gasteiger charge is -2.31. The highest BCUT2D eigenvalue weighted by Gasteiger charge is 2.30. The van der Waals surface area contributed by atoms with Gasteiger partial charge in [0, 0.05) is 50.3 Å². The van der Waals surface area contributed by atoms with Crippen LogP contribution in [0.2, 0.25) is 0 Å². The van der Waals surface area contributed by atoms with Crippen LogP contribution in [0.3, 0.4) is 0 Å². The normalized spacial score (nSPS) is 17.0. The van der Waals surface area contributed by atoms with Gasteiger partial charge in [0.15, 0.2) is 11.5 Å². The zero-order valence-corrected chi connectivity index (χ0v) is 23.1. The van der Waals surface area contributed by atoms with Crippen LogP contribution in [0.1, 0.15) is 30.5 Å². The van der Waals surface area contributed by atoms with E-state index < -0.39 is 0 Å². The lowest BCUT2D eigenvalue weighted by atomic mass is 10.0. The van der Waals surface area contributed by atoms with Crippen molar-refractivity contribution in [2.75, 3.05) is 57.8 Å². The maximum Gasteiger partial charge on any atom is 0.227 e. The molecule has 0 radical (unpaired) electrons. The summed E-state index contributed by atoms with van der Waals surface area (Å²) in [7, 11) is 4.72. The summed E-state index contributed by atoms with van der Waals surface area (Å²) in [6.45, 7) is 2.77. The summed E-state index contributed by atoms with van der Waals surface area (Å²) < 4.78 is 18.3. The summed E-state index contributed by atoms with van der Waals surface area (Å²) in [6, 6.07) is 3.68. The van der Waals surface area contributed by atoms with Gasteiger partial charge in [0.1, 0.15) is 18.0 Å². The molecule has 2 aliphatic rings. The lowest BCUT2D eigenvalue weighted by Crippen LogP contribution is -2.37. The van der Waals surface area contributed by atoms with Crippen LogP contribution in [0.15, 0.2) is 24.7 Å². The second-order valence-electron chi connectivity index (χ2n) is 9.89. The molecule has 0 bridgehead atoms. The minimum atomic E-state index is -0.318. The fourth-order valence-corrected chi connectivity index (χ4v) is 5.32. The van der Waals surface area contributed by atoms with Crippen LogP contribution >= 0.6 is 0 Å². The number of rotatable bonds is 11. The van der Waals surface area contributed by atoms with Crippen molar-refractivity contribution in [1.29, 1.82) is 0 Å². The smallest absolute Gasteiger partial charge is 0.227 e. The summed E-state index contributed by atoms with van der Waals surface area (Å²) >= 11 is 0. The number of nitrogens with one attached hydrogen (secondary N) is 1. The van der Waals surface area contributed by atoms with E-state index in [2.05, 4.69) is 20.1 Å². The standard InChI is InChI=1S/C27H36N8O5/c1-38-21-11-18(12-22(39-2)25(21)40-3)34-14-24(29-16-34)31-26-19-6-9-33(10-7-23(28)37)13-20(19)30-27(32-26)35-8-4-5-17(35)15-36/h11-12,14,16-17,36H,4-10,13,15H2,1-3H3,(H2,28,37)(H,30,31,32)/t17-/m0/s1. The molecule has 1 fully saturated rings. The van der Waals surface area contributed by atoms with E-state index in [4.69, 9.17) is 29.9 Å². The van der Waals surface area contributed by atoms with Crippen LogP contribution in [-0.2, 0) is 17.8 Å². The van der Waals surface area contributed by atoms with E-state index in [9.17, 15) is 9.90 Å². The van der Waals surface area contributed by atoms with E-state index in [1.807, 2.05) is 22.9 Å². The average molecular weight is 553 g/mol. The highest BCUT2D eigenvalue weighted by atomic mass is 16.5. The highest BCUT2D eigenvalue weighted by molar-refractivity contribution is 5.73. The molecule has 5 rings (SSSR count). The van der Waals surface area contributed by atoms with Crippen molar-refractivity contribution in [1.82, 2.24) is 24.4 Å². The summed E-state index contributed by atoms with van der Waals surface area (Å²) in [5.74, 6) is 3.16. The number of carbonyl (C=O) groups is 1. The third kappa shape index (κ3) is 5.61. The van der Waals surface area contributed by atoms with Crippen molar-refractivity contribution >= 4 is 23.5 Å². The Bertz CT molecular complexity index is 1340. The number of ether oxygens (including phenoxy) is 3. The van der Waals surface area contributed by atoms with Crippen LogP contribution in [0.5, 0.6) is 17.2 Å². The number of aliphatic hydroxyl groups is 1. The molecule has 1 aromatic carbocycles. The predicted octanol–water partition coefficient (Wildman–Crippen LogP) is 1.63. The Hall–Kier alpha value is -4.10. The number of benzene rings is 1. The third-order valence-corrected chi connectivity index (χ3v) is 7.43. The SMILES string of the molecule is COc1cc(-n2cnc(Nc3nc(N4CCC[C@H]4CO)nc4c3CCN(CCC(N)=O)C4)c2)cc(OC)c1OC. The van der Waals surface area contributed by atoms with Crippen LogP contribution < -0.4 is 30.2 Å². The van der Waals surface area contributed by atoms with Crippen molar-refractivity contribution in [2.45, 2.75) is 38.3 Å². The van der Waals surface area contributed by atoms with E-state index in [-0.39, 0.29) is 18.6 Å². The number of aliphatic hydroxyl groups excluding tert-OH is 1. The summed E-state index contributed by atoms with van der Waals surface area (Å²) in [4.78, 5) is 30.0. The van der Waals surface area contributed by atoms with E-state index in [1.54, 1.807) is 27.7 Å².